The number of methoxy groups -OCH3 is 2. The fraction of sp³-hybridized carbons (Fsp3) is 0.296. The van der Waals surface area contributed by atoms with Gasteiger partial charge in [-0.3, -0.25) is 10.2 Å². The number of piperazine rings is 1. The average molecular weight is 557 g/mol. The summed E-state index contributed by atoms with van der Waals surface area (Å²) in [7, 11) is 2.96. The number of nitrogens with zero attached hydrogens (tertiary/aromatic N) is 2. The molecule has 2 aromatic carbocycles. The number of nitrogens with two attached hydrogens (primary N) is 1. The number of hydrogen-bond donors (Lipinski definition) is 4. The number of halogens is 2. The summed E-state index contributed by atoms with van der Waals surface area (Å²) in [6, 6.07) is 12.1. The molecule has 1 aliphatic heterocycles. The highest BCUT2D eigenvalue weighted by Gasteiger charge is 2.26. The number of amides is 1. The summed E-state index contributed by atoms with van der Waals surface area (Å²) >= 11 is 13.0. The third-order valence-corrected chi connectivity index (χ3v) is 7.08. The highest BCUT2D eigenvalue weighted by molar-refractivity contribution is 6.41. The van der Waals surface area contributed by atoms with Gasteiger partial charge in [-0.2, -0.15) is 0 Å². The van der Waals surface area contributed by atoms with Gasteiger partial charge in [0.2, 0.25) is 0 Å². The second-order valence-electron chi connectivity index (χ2n) is 9.52. The van der Waals surface area contributed by atoms with Crippen molar-refractivity contribution in [1.29, 1.82) is 5.41 Å². The van der Waals surface area contributed by atoms with Crippen LogP contribution >= 0.6 is 23.2 Å². The van der Waals surface area contributed by atoms with Crippen molar-refractivity contribution in [3.05, 3.63) is 63.6 Å². The molecule has 0 radical (unpaired) electrons. The molecule has 0 spiro atoms. The molecule has 11 heteroatoms. The quantitative estimate of drug-likeness (QED) is 0.258. The van der Waals surface area contributed by atoms with Gasteiger partial charge in [-0.15, -0.1) is 0 Å². The smallest absolute Gasteiger partial charge is 0.256 e. The van der Waals surface area contributed by atoms with E-state index in [4.69, 9.17) is 43.8 Å². The number of benzene rings is 2. The monoisotopic (exact) mass is 556 g/mol. The maximum absolute atomic E-state index is 12.8. The minimum absolute atomic E-state index is 0.0161. The van der Waals surface area contributed by atoms with E-state index in [2.05, 4.69) is 34.4 Å². The van der Waals surface area contributed by atoms with Gasteiger partial charge in [0.05, 0.1) is 35.5 Å². The molecule has 1 aromatic heterocycles. The lowest BCUT2D eigenvalue weighted by Gasteiger charge is -2.40. The van der Waals surface area contributed by atoms with Crippen LogP contribution in [0.25, 0.3) is 11.3 Å². The van der Waals surface area contributed by atoms with Crippen LogP contribution in [0.15, 0.2) is 42.5 Å². The maximum atomic E-state index is 12.8. The molecular weight excluding hydrogens is 527 g/mol. The number of ether oxygens (including phenoxy) is 2. The lowest BCUT2D eigenvalue weighted by atomic mass is 10.0. The van der Waals surface area contributed by atoms with Gasteiger partial charge in [-0.25, -0.2) is 4.98 Å². The Bertz CT molecular complexity index is 1350. The SMILES string of the molecule is COc1cc(OC)c(Cl)c(-c2ccc(C(=N)NC(=O)c3ccc(N4CCNC(C)(C)C4)cc3)c(N)n2)c1Cl. The Kier molecular flexibility index (Phi) is 8.01. The van der Waals surface area contributed by atoms with Gasteiger partial charge in [-0.05, 0) is 50.2 Å². The molecule has 2 heterocycles. The fourth-order valence-electron chi connectivity index (χ4n) is 4.37. The van der Waals surface area contributed by atoms with E-state index in [9.17, 15) is 4.79 Å². The number of anilines is 2. The van der Waals surface area contributed by atoms with E-state index < -0.39 is 5.91 Å². The molecule has 9 nitrogen and oxygen atoms in total. The van der Waals surface area contributed by atoms with Crippen molar-refractivity contribution in [3.63, 3.8) is 0 Å². The lowest BCUT2D eigenvalue weighted by Crippen LogP contribution is -2.57. The molecule has 38 heavy (non-hydrogen) atoms. The Hall–Kier alpha value is -3.53. The van der Waals surface area contributed by atoms with Crippen molar-refractivity contribution in [2.75, 3.05) is 44.5 Å². The summed E-state index contributed by atoms with van der Waals surface area (Å²) in [6.07, 6.45) is 0. The molecule has 1 amide bonds. The number of hydrogen-bond acceptors (Lipinski definition) is 8. The number of aromatic nitrogens is 1. The van der Waals surface area contributed by atoms with Crippen LogP contribution in [0.5, 0.6) is 11.5 Å². The topological polar surface area (TPSA) is 126 Å². The number of amidine groups is 1. The van der Waals surface area contributed by atoms with Crippen LogP contribution in [-0.4, -0.2) is 56.1 Å². The van der Waals surface area contributed by atoms with Crippen molar-refractivity contribution < 1.29 is 14.3 Å². The van der Waals surface area contributed by atoms with Crippen LogP contribution < -0.4 is 30.7 Å². The van der Waals surface area contributed by atoms with Crippen molar-refractivity contribution in [3.8, 4) is 22.8 Å². The van der Waals surface area contributed by atoms with E-state index in [0.717, 1.165) is 25.3 Å². The number of carbonyl (C=O) groups excluding carboxylic acids is 1. The standard InChI is InChI=1S/C27H30Cl2N6O3/c1-27(2)14-35(12-11-32-27)16-7-5-15(6-8-16)26(36)34-25(31)17-9-10-18(33-24(17)30)21-22(28)19(37-3)13-20(38-4)23(21)29/h5-10,13,32H,11-12,14H2,1-4H3,(H2,30,33)(H2,31,34,36). The van der Waals surface area contributed by atoms with E-state index in [1.54, 1.807) is 30.3 Å². The second kappa shape index (κ2) is 11.1. The first-order valence-electron chi connectivity index (χ1n) is 11.9. The normalized spacial score (nSPS) is 14.6. The van der Waals surface area contributed by atoms with Gasteiger partial charge in [0.15, 0.2) is 0 Å². The summed E-state index contributed by atoms with van der Waals surface area (Å²) in [5.41, 5.74) is 8.66. The van der Waals surface area contributed by atoms with Gasteiger partial charge in [0, 0.05) is 48.1 Å². The summed E-state index contributed by atoms with van der Waals surface area (Å²) in [4.78, 5) is 19.5. The van der Waals surface area contributed by atoms with Crippen LogP contribution in [0, 0.1) is 5.41 Å². The predicted molar refractivity (Wildman–Crippen MR) is 152 cm³/mol. The highest BCUT2D eigenvalue weighted by Crippen LogP contribution is 2.45. The molecule has 0 unspecified atom stereocenters. The number of nitrogen functional groups attached to an aromatic ring is 1. The van der Waals surface area contributed by atoms with Crippen LogP contribution in [-0.2, 0) is 0 Å². The third-order valence-electron chi connectivity index (χ3n) is 6.33. The zero-order valence-corrected chi connectivity index (χ0v) is 23.1. The van der Waals surface area contributed by atoms with Crippen LogP contribution in [0.2, 0.25) is 10.0 Å². The number of pyridine rings is 1. The number of rotatable bonds is 6. The molecule has 0 atom stereocenters. The summed E-state index contributed by atoms with van der Waals surface area (Å²) < 4.78 is 10.6. The van der Waals surface area contributed by atoms with Crippen LogP contribution in [0.1, 0.15) is 29.8 Å². The van der Waals surface area contributed by atoms with Gasteiger partial charge in [0.25, 0.3) is 5.91 Å². The van der Waals surface area contributed by atoms with Crippen LogP contribution in [0.3, 0.4) is 0 Å². The second-order valence-corrected chi connectivity index (χ2v) is 10.3. The molecule has 0 aliphatic carbocycles. The molecule has 0 bridgehead atoms. The van der Waals surface area contributed by atoms with Crippen molar-refractivity contribution >= 4 is 46.4 Å². The maximum Gasteiger partial charge on any atom is 0.256 e. The van der Waals surface area contributed by atoms with Gasteiger partial charge >= 0.3 is 0 Å². The summed E-state index contributed by atoms with van der Waals surface area (Å²) in [5.74, 6) is 0.144. The van der Waals surface area contributed by atoms with Crippen molar-refractivity contribution in [2.45, 2.75) is 19.4 Å². The molecule has 3 aromatic rings. The predicted octanol–water partition coefficient (Wildman–Crippen LogP) is 4.60. The van der Waals surface area contributed by atoms with E-state index in [1.807, 2.05) is 12.1 Å². The Labute approximate surface area is 231 Å². The Morgan fingerprint density at radius 1 is 1.11 bits per heavy atom. The zero-order chi connectivity index (χ0) is 27.6. The van der Waals surface area contributed by atoms with Crippen molar-refractivity contribution in [2.24, 2.45) is 0 Å². The highest BCUT2D eigenvalue weighted by atomic mass is 35.5. The molecule has 4 rings (SSSR count). The molecule has 1 fully saturated rings. The minimum Gasteiger partial charge on any atom is -0.495 e. The molecular formula is C27H30Cl2N6O3. The van der Waals surface area contributed by atoms with Crippen molar-refractivity contribution in [1.82, 2.24) is 15.6 Å². The molecule has 5 N–H and O–H groups in total. The first-order valence-corrected chi connectivity index (χ1v) is 12.7. The molecule has 1 saturated heterocycles. The van der Waals surface area contributed by atoms with Gasteiger partial charge in [0.1, 0.15) is 23.2 Å². The third kappa shape index (κ3) is 5.65. The first-order chi connectivity index (χ1) is 18.0. The zero-order valence-electron chi connectivity index (χ0n) is 21.6. The molecule has 0 saturated carbocycles. The number of carbonyl (C=O) groups is 1. The van der Waals surface area contributed by atoms with E-state index in [-0.39, 0.29) is 32.8 Å². The Balaban J connectivity index is 1.51. The van der Waals surface area contributed by atoms with E-state index in [1.165, 1.54) is 14.2 Å². The van der Waals surface area contributed by atoms with Gasteiger partial charge in [-0.1, -0.05) is 23.2 Å². The summed E-state index contributed by atoms with van der Waals surface area (Å²) in [5, 5.41) is 15.0. The fourth-order valence-corrected chi connectivity index (χ4v) is 5.07. The first kappa shape index (κ1) is 27.5. The minimum atomic E-state index is -0.422. The Morgan fingerprint density at radius 3 is 2.29 bits per heavy atom. The van der Waals surface area contributed by atoms with Gasteiger partial charge < -0.3 is 30.7 Å². The largest absolute Gasteiger partial charge is 0.495 e. The van der Waals surface area contributed by atoms with E-state index >= 15 is 0 Å². The molecule has 200 valence electrons. The molecule has 1 aliphatic rings. The van der Waals surface area contributed by atoms with E-state index in [0.29, 0.717) is 28.3 Å². The lowest BCUT2D eigenvalue weighted by molar-refractivity contribution is 0.0977. The number of nitrogens with one attached hydrogen (secondary N) is 3. The Morgan fingerprint density at radius 2 is 1.74 bits per heavy atom. The van der Waals surface area contributed by atoms with Crippen LogP contribution in [0.4, 0.5) is 11.5 Å². The summed E-state index contributed by atoms with van der Waals surface area (Å²) in [6.45, 7) is 6.97. The average Bonchev–Trinajstić information content (AvgIpc) is 2.88.